The molecule has 1 atom stereocenters. The van der Waals surface area contributed by atoms with Crippen molar-refractivity contribution in [2.24, 2.45) is 0 Å². The summed E-state index contributed by atoms with van der Waals surface area (Å²) in [5, 5.41) is 8.82. The summed E-state index contributed by atoms with van der Waals surface area (Å²) in [6, 6.07) is 0. The van der Waals surface area contributed by atoms with Gasteiger partial charge in [0.25, 0.3) is 0 Å². The van der Waals surface area contributed by atoms with Crippen LogP contribution >= 0.6 is 0 Å². The predicted octanol–water partition coefficient (Wildman–Crippen LogP) is -1.58. The van der Waals surface area contributed by atoms with Gasteiger partial charge in [0.05, 0.1) is 12.9 Å². The summed E-state index contributed by atoms with van der Waals surface area (Å²) in [6.45, 7) is 1.63. The minimum Gasteiger partial charge on any atom is -0.463 e. The topological polar surface area (TPSA) is 92.7 Å². The molecule has 0 aromatic carbocycles. The Labute approximate surface area is 70.6 Å². The SMILES string of the molecule is CCOC(=O)C(O)NS(C)(=O)=O. The Morgan fingerprint density at radius 1 is 1.67 bits per heavy atom. The lowest BCUT2D eigenvalue weighted by atomic mass is 10.6. The van der Waals surface area contributed by atoms with E-state index in [9.17, 15) is 13.2 Å². The molecule has 0 radical (unpaired) electrons. The number of carbonyl (C=O) groups is 1. The molecule has 0 saturated heterocycles. The van der Waals surface area contributed by atoms with Gasteiger partial charge in [0.15, 0.2) is 0 Å². The molecule has 0 aromatic heterocycles. The Morgan fingerprint density at radius 3 is 2.50 bits per heavy atom. The largest absolute Gasteiger partial charge is 0.463 e. The quantitative estimate of drug-likeness (QED) is 0.419. The summed E-state index contributed by atoms with van der Waals surface area (Å²) < 4.78 is 26.9. The molecule has 0 aliphatic carbocycles. The highest BCUT2D eigenvalue weighted by Gasteiger charge is 2.19. The zero-order chi connectivity index (χ0) is 9.78. The Balaban J connectivity index is 4.05. The molecule has 0 bridgehead atoms. The Bertz CT molecular complexity index is 247. The highest BCUT2D eigenvalue weighted by molar-refractivity contribution is 7.88. The number of hydrogen-bond acceptors (Lipinski definition) is 5. The molecule has 0 saturated carbocycles. The van der Waals surface area contributed by atoms with E-state index in [2.05, 4.69) is 4.74 Å². The van der Waals surface area contributed by atoms with Gasteiger partial charge in [-0.3, -0.25) is 0 Å². The van der Waals surface area contributed by atoms with E-state index in [1.54, 1.807) is 11.6 Å². The summed E-state index contributed by atoms with van der Waals surface area (Å²) in [4.78, 5) is 10.6. The summed E-state index contributed by atoms with van der Waals surface area (Å²) in [6.07, 6.45) is -0.991. The van der Waals surface area contributed by atoms with Crippen molar-refractivity contribution < 1.29 is 23.1 Å². The van der Waals surface area contributed by atoms with Crippen LogP contribution in [0.2, 0.25) is 0 Å². The first-order valence-electron chi connectivity index (χ1n) is 3.19. The Hall–Kier alpha value is -0.660. The molecule has 0 fully saturated rings. The summed E-state index contributed by atoms with van der Waals surface area (Å²) in [5.74, 6) is -1.01. The molecule has 6 nitrogen and oxygen atoms in total. The molecule has 1 unspecified atom stereocenters. The number of aliphatic hydroxyl groups is 1. The molecule has 7 heteroatoms. The summed E-state index contributed by atoms with van der Waals surface area (Å²) >= 11 is 0. The van der Waals surface area contributed by atoms with Crippen LogP contribution in [0.5, 0.6) is 0 Å². The highest BCUT2D eigenvalue weighted by Crippen LogP contribution is 1.86. The number of aliphatic hydroxyl groups excluding tert-OH is 1. The number of esters is 1. The molecule has 0 spiro atoms. The second kappa shape index (κ2) is 4.39. The molecule has 0 rings (SSSR count). The van der Waals surface area contributed by atoms with E-state index in [1.807, 2.05) is 0 Å². The molecule has 0 amide bonds. The Morgan fingerprint density at radius 2 is 2.17 bits per heavy atom. The summed E-state index contributed by atoms with van der Waals surface area (Å²) in [5.41, 5.74) is 0. The second-order valence-electron chi connectivity index (χ2n) is 2.04. The third kappa shape index (κ3) is 5.05. The molecule has 0 aliphatic heterocycles. The third-order valence-electron chi connectivity index (χ3n) is 0.836. The average molecular weight is 197 g/mol. The van der Waals surface area contributed by atoms with Crippen LogP contribution in [0.1, 0.15) is 6.92 Å². The van der Waals surface area contributed by atoms with Crippen LogP contribution in [0.3, 0.4) is 0 Å². The summed E-state index contributed by atoms with van der Waals surface area (Å²) in [7, 11) is -3.59. The Kier molecular flexibility index (Phi) is 4.15. The fourth-order valence-corrected chi connectivity index (χ4v) is 0.974. The van der Waals surface area contributed by atoms with Gasteiger partial charge in [-0.05, 0) is 6.92 Å². The van der Waals surface area contributed by atoms with Crippen LogP contribution in [-0.4, -0.2) is 38.6 Å². The van der Waals surface area contributed by atoms with Crippen molar-refractivity contribution in [2.45, 2.75) is 13.2 Å². The third-order valence-corrected chi connectivity index (χ3v) is 1.49. The van der Waals surface area contributed by atoms with Gasteiger partial charge in [0.2, 0.25) is 16.3 Å². The van der Waals surface area contributed by atoms with Gasteiger partial charge in [-0.25, -0.2) is 13.2 Å². The lowest BCUT2D eigenvalue weighted by Crippen LogP contribution is -2.40. The van der Waals surface area contributed by atoms with E-state index in [-0.39, 0.29) is 6.61 Å². The van der Waals surface area contributed by atoms with E-state index in [1.165, 1.54) is 0 Å². The van der Waals surface area contributed by atoms with Crippen LogP contribution in [0, 0.1) is 0 Å². The van der Waals surface area contributed by atoms with Gasteiger partial charge >= 0.3 is 5.97 Å². The van der Waals surface area contributed by atoms with E-state index in [0.717, 1.165) is 6.26 Å². The van der Waals surface area contributed by atoms with Crippen molar-refractivity contribution >= 4 is 16.0 Å². The van der Waals surface area contributed by atoms with Gasteiger partial charge in [0.1, 0.15) is 0 Å². The fourth-order valence-electron chi connectivity index (χ4n) is 0.472. The zero-order valence-electron chi connectivity index (χ0n) is 6.77. The predicted molar refractivity (Wildman–Crippen MR) is 40.6 cm³/mol. The standard InChI is InChI=1S/C5H11NO5S/c1-3-11-5(8)4(7)6-12(2,9)10/h4,6-7H,3H2,1-2H3. The van der Waals surface area contributed by atoms with E-state index < -0.39 is 22.2 Å². The lowest BCUT2D eigenvalue weighted by molar-refractivity contribution is -0.153. The first-order chi connectivity index (χ1) is 5.37. The molecule has 12 heavy (non-hydrogen) atoms. The normalized spacial score (nSPS) is 13.9. The van der Waals surface area contributed by atoms with E-state index in [0.29, 0.717) is 0 Å². The fraction of sp³-hybridized carbons (Fsp3) is 0.800. The lowest BCUT2D eigenvalue weighted by Gasteiger charge is -2.08. The average Bonchev–Trinajstić information content (AvgIpc) is 1.84. The molecule has 72 valence electrons. The maximum absolute atomic E-state index is 10.6. The first-order valence-corrected chi connectivity index (χ1v) is 5.08. The number of carbonyl (C=O) groups excluding carboxylic acids is 1. The van der Waals surface area contributed by atoms with Gasteiger partial charge in [-0.1, -0.05) is 0 Å². The van der Waals surface area contributed by atoms with Gasteiger partial charge < -0.3 is 9.84 Å². The molecular formula is C5H11NO5S. The van der Waals surface area contributed by atoms with Crippen LogP contribution in [-0.2, 0) is 19.6 Å². The van der Waals surface area contributed by atoms with Gasteiger partial charge in [0, 0.05) is 0 Å². The van der Waals surface area contributed by atoms with E-state index in [4.69, 9.17) is 5.11 Å². The van der Waals surface area contributed by atoms with E-state index >= 15 is 0 Å². The first kappa shape index (κ1) is 11.3. The molecule has 0 aromatic rings. The maximum Gasteiger partial charge on any atom is 0.351 e. The molecule has 0 heterocycles. The van der Waals surface area contributed by atoms with Crippen molar-refractivity contribution in [1.82, 2.24) is 4.72 Å². The minimum atomic E-state index is -3.59. The van der Waals surface area contributed by atoms with Crippen molar-refractivity contribution in [2.75, 3.05) is 12.9 Å². The molecular weight excluding hydrogens is 186 g/mol. The second-order valence-corrected chi connectivity index (χ2v) is 3.82. The maximum atomic E-state index is 10.6. The van der Waals surface area contributed by atoms with Crippen molar-refractivity contribution in [3.8, 4) is 0 Å². The van der Waals surface area contributed by atoms with Crippen molar-refractivity contribution in [3.05, 3.63) is 0 Å². The van der Waals surface area contributed by atoms with Gasteiger partial charge in [-0.2, -0.15) is 4.72 Å². The van der Waals surface area contributed by atoms with Gasteiger partial charge in [-0.15, -0.1) is 0 Å². The van der Waals surface area contributed by atoms with Crippen LogP contribution in [0.15, 0.2) is 0 Å². The van der Waals surface area contributed by atoms with Crippen molar-refractivity contribution in [3.63, 3.8) is 0 Å². The smallest absolute Gasteiger partial charge is 0.351 e. The number of hydrogen-bond donors (Lipinski definition) is 2. The van der Waals surface area contributed by atoms with Crippen LogP contribution < -0.4 is 4.72 Å². The number of ether oxygens (including phenoxy) is 1. The molecule has 2 N–H and O–H groups in total. The van der Waals surface area contributed by atoms with Crippen molar-refractivity contribution in [1.29, 1.82) is 0 Å². The minimum absolute atomic E-state index is 0.0847. The van der Waals surface area contributed by atoms with Crippen LogP contribution in [0.4, 0.5) is 0 Å². The number of rotatable bonds is 4. The molecule has 0 aliphatic rings. The number of sulfonamides is 1. The van der Waals surface area contributed by atoms with Crippen LogP contribution in [0.25, 0.3) is 0 Å². The monoisotopic (exact) mass is 197 g/mol. The zero-order valence-corrected chi connectivity index (χ0v) is 7.59. The highest BCUT2D eigenvalue weighted by atomic mass is 32.2. The number of nitrogens with one attached hydrogen (secondary N) is 1.